The van der Waals surface area contributed by atoms with Crippen LogP contribution in [-0.4, -0.2) is 52.5 Å². The zero-order chi connectivity index (χ0) is 23.1. The number of amides is 1. The van der Waals surface area contributed by atoms with E-state index in [1.165, 1.54) is 21.3 Å². The SMILES string of the molecule is COc1cc(C(=O)NC(=NCC2CCCO2)Nc2cc(C)cc(C)c2)cc(OC)c1OC. The normalized spacial score (nSPS) is 15.9. The predicted octanol–water partition coefficient (Wildman–Crippen LogP) is 3.71. The van der Waals surface area contributed by atoms with Gasteiger partial charge in [-0.25, -0.2) is 4.99 Å². The number of nitrogens with zero attached hydrogens (tertiary/aromatic N) is 1. The van der Waals surface area contributed by atoms with Crippen LogP contribution in [-0.2, 0) is 4.74 Å². The molecule has 0 spiro atoms. The summed E-state index contributed by atoms with van der Waals surface area (Å²) in [5.74, 6) is 1.22. The highest BCUT2D eigenvalue weighted by molar-refractivity contribution is 6.10. The second-order valence-corrected chi connectivity index (χ2v) is 7.69. The topological polar surface area (TPSA) is 90.4 Å². The Morgan fingerprint density at radius 2 is 1.69 bits per heavy atom. The second kappa shape index (κ2) is 10.9. The molecule has 1 heterocycles. The molecule has 1 unspecified atom stereocenters. The fraction of sp³-hybridized carbons (Fsp3) is 0.417. The van der Waals surface area contributed by atoms with Crippen LogP contribution in [0.3, 0.4) is 0 Å². The van der Waals surface area contributed by atoms with Gasteiger partial charge in [0, 0.05) is 17.9 Å². The number of guanidine groups is 1. The Morgan fingerprint density at radius 3 is 2.22 bits per heavy atom. The molecule has 3 rings (SSSR count). The molecule has 8 heteroatoms. The summed E-state index contributed by atoms with van der Waals surface area (Å²) in [6, 6.07) is 9.29. The first kappa shape index (κ1) is 23.4. The summed E-state index contributed by atoms with van der Waals surface area (Å²) in [4.78, 5) is 17.7. The maximum atomic E-state index is 13.1. The van der Waals surface area contributed by atoms with Crippen molar-refractivity contribution in [3.05, 3.63) is 47.0 Å². The number of hydrogen-bond acceptors (Lipinski definition) is 6. The molecule has 1 fully saturated rings. The minimum Gasteiger partial charge on any atom is -0.493 e. The highest BCUT2D eigenvalue weighted by atomic mass is 16.5. The zero-order valence-corrected chi connectivity index (χ0v) is 19.3. The van der Waals surface area contributed by atoms with Gasteiger partial charge in [0.1, 0.15) is 0 Å². The molecule has 1 aliphatic rings. The Hall–Kier alpha value is -3.26. The summed E-state index contributed by atoms with van der Waals surface area (Å²) >= 11 is 0. The van der Waals surface area contributed by atoms with Crippen molar-refractivity contribution in [3.63, 3.8) is 0 Å². The smallest absolute Gasteiger partial charge is 0.258 e. The largest absolute Gasteiger partial charge is 0.493 e. The third-order valence-corrected chi connectivity index (χ3v) is 5.12. The average Bonchev–Trinajstić information content (AvgIpc) is 3.29. The van der Waals surface area contributed by atoms with Crippen LogP contribution >= 0.6 is 0 Å². The molecular formula is C24H31N3O5. The van der Waals surface area contributed by atoms with Gasteiger partial charge in [0.25, 0.3) is 5.91 Å². The number of hydrogen-bond donors (Lipinski definition) is 2. The van der Waals surface area contributed by atoms with Crippen molar-refractivity contribution in [3.8, 4) is 17.2 Å². The molecule has 2 aromatic carbocycles. The molecule has 172 valence electrons. The van der Waals surface area contributed by atoms with Gasteiger partial charge in [-0.2, -0.15) is 0 Å². The van der Waals surface area contributed by atoms with Gasteiger partial charge in [0.15, 0.2) is 11.5 Å². The van der Waals surface area contributed by atoms with E-state index in [9.17, 15) is 4.79 Å². The van der Waals surface area contributed by atoms with Gasteiger partial charge in [0.2, 0.25) is 11.7 Å². The van der Waals surface area contributed by atoms with Crippen LogP contribution in [0.15, 0.2) is 35.3 Å². The molecule has 2 aromatic rings. The number of anilines is 1. The van der Waals surface area contributed by atoms with Gasteiger partial charge in [-0.05, 0) is 62.1 Å². The molecule has 1 amide bonds. The van der Waals surface area contributed by atoms with Crippen LogP contribution in [0.5, 0.6) is 17.2 Å². The number of ether oxygens (including phenoxy) is 4. The monoisotopic (exact) mass is 441 g/mol. The van der Waals surface area contributed by atoms with Gasteiger partial charge in [-0.3, -0.25) is 10.1 Å². The van der Waals surface area contributed by atoms with E-state index in [1.807, 2.05) is 26.0 Å². The molecule has 32 heavy (non-hydrogen) atoms. The Morgan fingerprint density at radius 1 is 1.03 bits per heavy atom. The van der Waals surface area contributed by atoms with E-state index in [4.69, 9.17) is 18.9 Å². The van der Waals surface area contributed by atoms with Gasteiger partial charge in [0.05, 0.1) is 34.0 Å². The molecule has 0 radical (unpaired) electrons. The lowest BCUT2D eigenvalue weighted by atomic mass is 10.1. The summed E-state index contributed by atoms with van der Waals surface area (Å²) in [5, 5.41) is 6.12. The van der Waals surface area contributed by atoms with Crippen LogP contribution in [0.25, 0.3) is 0 Å². The average molecular weight is 442 g/mol. The molecule has 1 aliphatic heterocycles. The summed E-state index contributed by atoms with van der Waals surface area (Å²) in [5.41, 5.74) is 3.43. The number of carbonyl (C=O) groups is 1. The molecule has 0 aromatic heterocycles. The van der Waals surface area contributed by atoms with Crippen molar-refractivity contribution < 1.29 is 23.7 Å². The third kappa shape index (κ3) is 5.91. The first-order chi connectivity index (χ1) is 15.4. The first-order valence-corrected chi connectivity index (χ1v) is 10.6. The lowest BCUT2D eigenvalue weighted by molar-refractivity contribution is 0.0974. The van der Waals surface area contributed by atoms with Crippen molar-refractivity contribution in [2.24, 2.45) is 4.99 Å². The van der Waals surface area contributed by atoms with E-state index in [0.29, 0.717) is 35.3 Å². The molecule has 2 N–H and O–H groups in total. The second-order valence-electron chi connectivity index (χ2n) is 7.69. The van der Waals surface area contributed by atoms with E-state index in [1.54, 1.807) is 12.1 Å². The molecule has 1 atom stereocenters. The quantitative estimate of drug-likeness (QED) is 0.503. The Kier molecular flexibility index (Phi) is 7.94. The highest BCUT2D eigenvalue weighted by Crippen LogP contribution is 2.38. The minimum absolute atomic E-state index is 0.0594. The Bertz CT molecular complexity index is 938. The zero-order valence-electron chi connectivity index (χ0n) is 19.3. The van der Waals surface area contributed by atoms with Crippen molar-refractivity contribution in [1.82, 2.24) is 5.32 Å². The van der Waals surface area contributed by atoms with Crippen molar-refractivity contribution in [2.45, 2.75) is 32.8 Å². The van der Waals surface area contributed by atoms with E-state index >= 15 is 0 Å². The number of rotatable bonds is 7. The van der Waals surface area contributed by atoms with E-state index in [-0.39, 0.29) is 12.0 Å². The standard InChI is InChI=1S/C24H31N3O5/c1-15-9-16(2)11-18(10-15)26-24(25-14-19-7-6-8-32-19)27-23(28)17-12-20(29-3)22(31-5)21(13-17)30-4/h9-13,19H,6-8,14H2,1-5H3,(H2,25,26,27,28). The van der Waals surface area contributed by atoms with Crippen LogP contribution in [0.4, 0.5) is 5.69 Å². The number of aryl methyl sites for hydroxylation is 2. The Balaban J connectivity index is 1.86. The van der Waals surface area contributed by atoms with Crippen LogP contribution in [0.1, 0.15) is 34.3 Å². The molecule has 0 bridgehead atoms. The van der Waals surface area contributed by atoms with Crippen LogP contribution < -0.4 is 24.8 Å². The molecular weight excluding hydrogens is 410 g/mol. The summed E-state index contributed by atoms with van der Waals surface area (Å²) in [7, 11) is 4.54. The first-order valence-electron chi connectivity index (χ1n) is 10.6. The summed E-state index contributed by atoms with van der Waals surface area (Å²) < 4.78 is 21.7. The fourth-order valence-corrected chi connectivity index (χ4v) is 3.67. The third-order valence-electron chi connectivity index (χ3n) is 5.12. The fourth-order valence-electron chi connectivity index (χ4n) is 3.67. The van der Waals surface area contributed by atoms with Crippen LogP contribution in [0, 0.1) is 13.8 Å². The van der Waals surface area contributed by atoms with E-state index in [2.05, 4.69) is 21.7 Å². The van der Waals surface area contributed by atoms with Gasteiger partial charge in [-0.15, -0.1) is 0 Å². The molecule has 8 nitrogen and oxygen atoms in total. The molecule has 0 saturated carbocycles. The van der Waals surface area contributed by atoms with E-state index in [0.717, 1.165) is 36.3 Å². The Labute approximate surface area is 188 Å². The van der Waals surface area contributed by atoms with Gasteiger partial charge >= 0.3 is 0 Å². The molecule has 0 aliphatic carbocycles. The lowest BCUT2D eigenvalue weighted by Gasteiger charge is -2.16. The molecule has 1 saturated heterocycles. The van der Waals surface area contributed by atoms with Gasteiger partial charge < -0.3 is 24.3 Å². The number of nitrogens with one attached hydrogen (secondary N) is 2. The van der Waals surface area contributed by atoms with Crippen molar-refractivity contribution in [1.29, 1.82) is 0 Å². The summed E-state index contributed by atoms with van der Waals surface area (Å²) in [6.07, 6.45) is 2.04. The van der Waals surface area contributed by atoms with Crippen molar-refractivity contribution in [2.75, 3.05) is 39.8 Å². The number of benzene rings is 2. The minimum atomic E-state index is -0.354. The van der Waals surface area contributed by atoms with Crippen molar-refractivity contribution >= 4 is 17.6 Å². The maximum absolute atomic E-state index is 13.1. The van der Waals surface area contributed by atoms with E-state index < -0.39 is 0 Å². The lowest BCUT2D eigenvalue weighted by Crippen LogP contribution is -2.36. The maximum Gasteiger partial charge on any atom is 0.258 e. The number of methoxy groups -OCH3 is 3. The summed E-state index contributed by atoms with van der Waals surface area (Å²) in [6.45, 7) is 5.26. The highest BCUT2D eigenvalue weighted by Gasteiger charge is 2.19. The van der Waals surface area contributed by atoms with Crippen LogP contribution in [0.2, 0.25) is 0 Å². The predicted molar refractivity (Wildman–Crippen MR) is 124 cm³/mol. The number of carbonyl (C=O) groups excluding carboxylic acids is 1. The van der Waals surface area contributed by atoms with Gasteiger partial charge in [-0.1, -0.05) is 6.07 Å². The number of aliphatic imine (C=N–C) groups is 1.